The number of carbonyl (C=O) groups is 1. The lowest BCUT2D eigenvalue weighted by Crippen LogP contribution is -2.33. The van der Waals surface area contributed by atoms with Gasteiger partial charge in [0.25, 0.3) is 5.56 Å². The zero-order chi connectivity index (χ0) is 22.1. The second-order valence-electron chi connectivity index (χ2n) is 7.30. The fraction of sp³-hybridized carbons (Fsp3) is 0.318. The number of hydrogen-bond donors (Lipinski definition) is 1. The first-order valence-electron chi connectivity index (χ1n) is 10.1. The van der Waals surface area contributed by atoms with Gasteiger partial charge in [-0.15, -0.1) is 21.5 Å². The average Bonchev–Trinajstić information content (AvgIpc) is 3.34. The normalized spacial score (nSPS) is 12.3. The summed E-state index contributed by atoms with van der Waals surface area (Å²) in [7, 11) is 0. The van der Waals surface area contributed by atoms with Crippen LogP contribution in [-0.4, -0.2) is 25.7 Å². The summed E-state index contributed by atoms with van der Waals surface area (Å²) in [6, 6.07) is 7.41. The van der Waals surface area contributed by atoms with Crippen LogP contribution in [0.5, 0.6) is 0 Å². The SMILES string of the molecule is CCc1nnc(NC(=O)C(CC)n2cnc3sc(C)c(-c4ccc(C)cc4)c3c2=O)s1. The predicted molar refractivity (Wildman–Crippen MR) is 126 cm³/mol. The van der Waals surface area contributed by atoms with Crippen molar-refractivity contribution in [2.75, 3.05) is 5.32 Å². The molecule has 1 atom stereocenters. The zero-order valence-electron chi connectivity index (χ0n) is 17.8. The maximum atomic E-state index is 13.5. The lowest BCUT2D eigenvalue weighted by molar-refractivity contribution is -0.119. The lowest BCUT2D eigenvalue weighted by atomic mass is 10.0. The average molecular weight is 454 g/mol. The summed E-state index contributed by atoms with van der Waals surface area (Å²) in [6.45, 7) is 7.88. The van der Waals surface area contributed by atoms with E-state index in [-0.39, 0.29) is 11.5 Å². The number of anilines is 1. The molecule has 9 heteroatoms. The minimum atomic E-state index is -0.690. The van der Waals surface area contributed by atoms with E-state index in [2.05, 4.69) is 20.5 Å². The van der Waals surface area contributed by atoms with Crippen molar-refractivity contribution in [3.05, 3.63) is 56.4 Å². The maximum Gasteiger partial charge on any atom is 0.263 e. The van der Waals surface area contributed by atoms with E-state index in [4.69, 9.17) is 0 Å². The molecule has 1 aromatic carbocycles. The second kappa shape index (κ2) is 8.68. The molecule has 3 heterocycles. The molecule has 160 valence electrons. The van der Waals surface area contributed by atoms with Crippen LogP contribution in [0.4, 0.5) is 5.13 Å². The van der Waals surface area contributed by atoms with Crippen molar-refractivity contribution in [1.29, 1.82) is 0 Å². The summed E-state index contributed by atoms with van der Waals surface area (Å²) >= 11 is 2.83. The number of benzene rings is 1. The highest BCUT2D eigenvalue weighted by Gasteiger charge is 2.24. The van der Waals surface area contributed by atoms with Gasteiger partial charge in [-0.3, -0.25) is 19.5 Å². The van der Waals surface area contributed by atoms with Crippen LogP contribution in [0.1, 0.15) is 41.8 Å². The Bertz CT molecular complexity index is 1300. The number of hydrogen-bond acceptors (Lipinski definition) is 7. The van der Waals surface area contributed by atoms with Gasteiger partial charge in [0.1, 0.15) is 15.9 Å². The predicted octanol–water partition coefficient (Wildman–Crippen LogP) is 4.75. The highest BCUT2D eigenvalue weighted by atomic mass is 32.1. The van der Waals surface area contributed by atoms with Crippen LogP contribution < -0.4 is 10.9 Å². The molecule has 0 spiro atoms. The molecule has 0 fully saturated rings. The van der Waals surface area contributed by atoms with E-state index in [1.165, 1.54) is 33.6 Å². The monoisotopic (exact) mass is 453 g/mol. The largest absolute Gasteiger partial charge is 0.299 e. The molecule has 7 nitrogen and oxygen atoms in total. The quantitative estimate of drug-likeness (QED) is 0.455. The standard InChI is InChI=1S/C22H23N5O2S2/c1-5-15(19(28)24-22-26-25-16(6-2)31-22)27-11-23-20-18(21(27)29)17(13(4)30-20)14-9-7-12(3)8-10-14/h7-11,15H,5-6H2,1-4H3,(H,24,26,28). The molecule has 0 bridgehead atoms. The van der Waals surface area contributed by atoms with Crippen molar-refractivity contribution < 1.29 is 4.79 Å². The van der Waals surface area contributed by atoms with E-state index in [0.29, 0.717) is 21.8 Å². The molecule has 0 aliphatic carbocycles. The number of fused-ring (bicyclic) bond motifs is 1. The maximum absolute atomic E-state index is 13.5. The van der Waals surface area contributed by atoms with E-state index in [1.54, 1.807) is 0 Å². The summed E-state index contributed by atoms with van der Waals surface area (Å²) in [6.07, 6.45) is 2.68. The zero-order valence-corrected chi connectivity index (χ0v) is 19.4. The van der Waals surface area contributed by atoms with Crippen molar-refractivity contribution in [3.8, 4) is 11.1 Å². The first kappa shape index (κ1) is 21.3. The number of nitrogens with one attached hydrogen (secondary N) is 1. The molecule has 1 N–H and O–H groups in total. The summed E-state index contributed by atoms with van der Waals surface area (Å²) < 4.78 is 1.43. The topological polar surface area (TPSA) is 89.8 Å². The number of thiophene rings is 1. The number of carbonyl (C=O) groups excluding carboxylic acids is 1. The Hall–Kier alpha value is -2.91. The van der Waals surface area contributed by atoms with Crippen LogP contribution in [0.2, 0.25) is 0 Å². The number of rotatable bonds is 6. The number of nitrogens with zero attached hydrogens (tertiary/aromatic N) is 4. The van der Waals surface area contributed by atoms with Crippen molar-refractivity contribution in [1.82, 2.24) is 19.7 Å². The molecule has 0 aliphatic heterocycles. The molecule has 4 aromatic rings. The molecule has 0 saturated carbocycles. The summed E-state index contributed by atoms with van der Waals surface area (Å²) in [4.78, 5) is 32.7. The third kappa shape index (κ3) is 4.03. The van der Waals surface area contributed by atoms with Crippen molar-refractivity contribution in [2.24, 2.45) is 0 Å². The molecule has 0 radical (unpaired) electrons. The smallest absolute Gasteiger partial charge is 0.263 e. The first-order chi connectivity index (χ1) is 14.9. The molecule has 0 saturated heterocycles. The Kier molecular flexibility index (Phi) is 5.97. The van der Waals surface area contributed by atoms with Gasteiger partial charge in [0.2, 0.25) is 11.0 Å². The highest BCUT2D eigenvalue weighted by Crippen LogP contribution is 2.35. The number of aryl methyl sites for hydroxylation is 3. The van der Waals surface area contributed by atoms with Crippen molar-refractivity contribution >= 4 is 43.9 Å². The van der Waals surface area contributed by atoms with Gasteiger partial charge in [-0.2, -0.15) is 0 Å². The van der Waals surface area contributed by atoms with Gasteiger partial charge < -0.3 is 0 Å². The van der Waals surface area contributed by atoms with Crippen LogP contribution in [0, 0.1) is 13.8 Å². The Morgan fingerprint density at radius 1 is 1.13 bits per heavy atom. The highest BCUT2D eigenvalue weighted by molar-refractivity contribution is 7.19. The molecule has 1 unspecified atom stereocenters. The van der Waals surface area contributed by atoms with Gasteiger partial charge in [0, 0.05) is 10.4 Å². The molecule has 31 heavy (non-hydrogen) atoms. The Balaban J connectivity index is 1.77. The van der Waals surface area contributed by atoms with Gasteiger partial charge in [-0.25, -0.2) is 4.98 Å². The van der Waals surface area contributed by atoms with E-state index < -0.39 is 6.04 Å². The fourth-order valence-electron chi connectivity index (χ4n) is 3.55. The van der Waals surface area contributed by atoms with Crippen molar-refractivity contribution in [3.63, 3.8) is 0 Å². The lowest BCUT2D eigenvalue weighted by Gasteiger charge is -2.16. The van der Waals surface area contributed by atoms with Gasteiger partial charge in [-0.1, -0.05) is 55.0 Å². The first-order valence-corrected chi connectivity index (χ1v) is 11.8. The fourth-order valence-corrected chi connectivity index (χ4v) is 5.24. The third-order valence-electron chi connectivity index (χ3n) is 5.18. The summed E-state index contributed by atoms with van der Waals surface area (Å²) in [5.74, 6) is -0.298. The molecule has 1 amide bonds. The van der Waals surface area contributed by atoms with Crippen molar-refractivity contribution in [2.45, 2.75) is 46.6 Å². The Morgan fingerprint density at radius 3 is 2.52 bits per heavy atom. The van der Waals surface area contributed by atoms with Crippen LogP contribution in [0.15, 0.2) is 35.4 Å². The van der Waals surface area contributed by atoms with E-state index in [9.17, 15) is 9.59 Å². The Morgan fingerprint density at radius 2 is 1.87 bits per heavy atom. The van der Waals surface area contributed by atoms with Crippen LogP contribution in [0.25, 0.3) is 21.3 Å². The van der Waals surface area contributed by atoms with Gasteiger partial charge in [-0.05, 0) is 32.3 Å². The molecular weight excluding hydrogens is 430 g/mol. The van der Waals surface area contributed by atoms with Gasteiger partial charge in [0.05, 0.1) is 11.7 Å². The molecule has 3 aromatic heterocycles. The minimum absolute atomic E-state index is 0.210. The molecule has 0 aliphatic rings. The van der Waals surface area contributed by atoms with E-state index in [1.807, 2.05) is 52.0 Å². The second-order valence-corrected chi connectivity index (χ2v) is 9.57. The van der Waals surface area contributed by atoms with Crippen LogP contribution in [-0.2, 0) is 11.2 Å². The van der Waals surface area contributed by atoms with E-state index in [0.717, 1.165) is 33.0 Å². The minimum Gasteiger partial charge on any atom is -0.299 e. The molecule has 4 rings (SSSR count). The summed E-state index contributed by atoms with van der Waals surface area (Å²) in [5.41, 5.74) is 2.81. The van der Waals surface area contributed by atoms with Crippen LogP contribution in [0.3, 0.4) is 0 Å². The van der Waals surface area contributed by atoms with Gasteiger partial charge >= 0.3 is 0 Å². The number of amides is 1. The Labute approximate surface area is 187 Å². The van der Waals surface area contributed by atoms with Gasteiger partial charge in [0.15, 0.2) is 0 Å². The summed E-state index contributed by atoms with van der Waals surface area (Å²) in [5, 5.41) is 12.7. The van der Waals surface area contributed by atoms with E-state index >= 15 is 0 Å². The van der Waals surface area contributed by atoms with Crippen LogP contribution >= 0.6 is 22.7 Å². The third-order valence-corrected chi connectivity index (χ3v) is 7.17. The number of aromatic nitrogens is 4. The molecular formula is C22H23N5O2S2.